The van der Waals surface area contributed by atoms with Crippen molar-refractivity contribution < 1.29 is 29.0 Å². The Hall–Kier alpha value is -2.97. The van der Waals surface area contributed by atoms with Gasteiger partial charge in [0.2, 0.25) is 11.8 Å². The number of rotatable bonds is 14. The van der Waals surface area contributed by atoms with Crippen molar-refractivity contribution in [2.24, 2.45) is 17.8 Å². The number of amides is 2. The summed E-state index contributed by atoms with van der Waals surface area (Å²) >= 11 is 0. The Bertz CT molecular complexity index is 1080. The summed E-state index contributed by atoms with van der Waals surface area (Å²) in [6.07, 6.45) is 6.38. The molecule has 3 saturated heterocycles. The summed E-state index contributed by atoms with van der Waals surface area (Å²) in [4.78, 5) is 45.4. The monoisotopic (exact) mass is 538 g/mol. The molecule has 0 aliphatic carbocycles. The van der Waals surface area contributed by atoms with Crippen LogP contribution in [0.5, 0.6) is 0 Å². The third kappa shape index (κ3) is 5.16. The molecule has 3 aliphatic heterocycles. The van der Waals surface area contributed by atoms with Gasteiger partial charge in [-0.2, -0.15) is 0 Å². The summed E-state index contributed by atoms with van der Waals surface area (Å²) in [5, 5.41) is 9.25. The average Bonchev–Trinajstić information content (AvgIpc) is 3.43. The molecule has 2 amide bonds. The lowest BCUT2D eigenvalue weighted by Gasteiger charge is -2.37. The van der Waals surface area contributed by atoms with Gasteiger partial charge in [0.25, 0.3) is 0 Å². The number of esters is 1. The molecule has 8 heteroatoms. The topological polar surface area (TPSA) is 96.4 Å². The van der Waals surface area contributed by atoms with Gasteiger partial charge in [0.15, 0.2) is 0 Å². The number of nitrogens with zero attached hydrogens (tertiary/aromatic N) is 2. The van der Waals surface area contributed by atoms with Gasteiger partial charge in [-0.1, -0.05) is 49.4 Å². The molecule has 0 saturated carbocycles. The minimum atomic E-state index is -1.11. The smallest absolute Gasteiger partial charge is 0.312 e. The van der Waals surface area contributed by atoms with Gasteiger partial charge in [-0.3, -0.25) is 14.4 Å². The summed E-state index contributed by atoms with van der Waals surface area (Å²) in [6, 6.07) is 8.86. The van der Waals surface area contributed by atoms with Crippen LogP contribution in [0.1, 0.15) is 51.5 Å². The van der Waals surface area contributed by atoms with E-state index in [0.717, 1.165) is 12.0 Å². The lowest BCUT2D eigenvalue weighted by atomic mass is 9.62. The molecule has 212 valence electrons. The van der Waals surface area contributed by atoms with E-state index in [4.69, 9.17) is 9.47 Å². The average molecular weight is 539 g/mol. The maximum atomic E-state index is 14.4. The van der Waals surface area contributed by atoms with Crippen molar-refractivity contribution in [1.82, 2.24) is 9.80 Å². The molecule has 3 aliphatic rings. The van der Waals surface area contributed by atoms with Gasteiger partial charge in [-0.25, -0.2) is 0 Å². The van der Waals surface area contributed by atoms with E-state index in [9.17, 15) is 19.5 Å². The second kappa shape index (κ2) is 12.0. The van der Waals surface area contributed by atoms with Crippen molar-refractivity contribution in [2.45, 2.75) is 69.7 Å². The zero-order chi connectivity index (χ0) is 28.2. The van der Waals surface area contributed by atoms with Crippen LogP contribution in [0.2, 0.25) is 0 Å². The van der Waals surface area contributed by atoms with Crippen molar-refractivity contribution in [2.75, 3.05) is 26.3 Å². The first-order chi connectivity index (χ1) is 18.7. The second-order valence-corrected chi connectivity index (χ2v) is 11.3. The molecule has 1 aromatic carbocycles. The third-order valence-corrected chi connectivity index (χ3v) is 8.80. The zero-order valence-electron chi connectivity index (χ0n) is 23.2. The highest BCUT2D eigenvalue weighted by Gasteiger charge is 2.80. The summed E-state index contributed by atoms with van der Waals surface area (Å²) in [7, 11) is 0. The van der Waals surface area contributed by atoms with Gasteiger partial charge in [0, 0.05) is 26.2 Å². The molecule has 3 heterocycles. The maximum Gasteiger partial charge on any atom is 0.312 e. The van der Waals surface area contributed by atoms with E-state index in [1.165, 1.54) is 0 Å². The number of benzene rings is 1. The van der Waals surface area contributed by atoms with Crippen LogP contribution in [0, 0.1) is 17.8 Å². The van der Waals surface area contributed by atoms with Crippen LogP contribution in [0.15, 0.2) is 55.6 Å². The van der Waals surface area contributed by atoms with E-state index >= 15 is 0 Å². The molecule has 1 aromatic rings. The zero-order valence-corrected chi connectivity index (χ0v) is 23.2. The summed E-state index contributed by atoms with van der Waals surface area (Å²) in [5.74, 6) is -2.51. The number of carbonyl (C=O) groups is 3. The van der Waals surface area contributed by atoms with E-state index in [0.29, 0.717) is 45.3 Å². The Labute approximate surface area is 231 Å². The molecule has 6 atom stereocenters. The highest BCUT2D eigenvalue weighted by atomic mass is 16.6. The van der Waals surface area contributed by atoms with E-state index in [-0.39, 0.29) is 30.9 Å². The van der Waals surface area contributed by atoms with Crippen molar-refractivity contribution in [1.29, 1.82) is 0 Å². The lowest BCUT2D eigenvalue weighted by molar-refractivity contribution is -0.162. The second-order valence-electron chi connectivity index (χ2n) is 11.3. The SMILES string of the molecule is C=CCCOC(=O)[C@H]1[C@H]2C(=O)N(CCCCCO)C(C(=O)N(CC=C)Cc3ccccc3)C23CC(C)[C@]1(C)O3. The molecule has 3 fully saturated rings. The van der Waals surface area contributed by atoms with Crippen LogP contribution < -0.4 is 0 Å². The molecular formula is C31H42N2O6. The van der Waals surface area contributed by atoms with Gasteiger partial charge in [0.1, 0.15) is 17.6 Å². The number of aliphatic hydroxyl groups is 1. The van der Waals surface area contributed by atoms with Crippen LogP contribution >= 0.6 is 0 Å². The van der Waals surface area contributed by atoms with Crippen LogP contribution in [0.3, 0.4) is 0 Å². The molecular weight excluding hydrogens is 496 g/mol. The predicted molar refractivity (Wildman–Crippen MR) is 147 cm³/mol. The summed E-state index contributed by atoms with van der Waals surface area (Å²) < 4.78 is 12.4. The van der Waals surface area contributed by atoms with Crippen molar-refractivity contribution in [3.63, 3.8) is 0 Å². The first-order valence-electron chi connectivity index (χ1n) is 14.1. The minimum Gasteiger partial charge on any atom is -0.465 e. The molecule has 2 bridgehead atoms. The van der Waals surface area contributed by atoms with E-state index < -0.39 is 35.0 Å². The minimum absolute atomic E-state index is 0.0508. The number of hydrogen-bond acceptors (Lipinski definition) is 6. The Morgan fingerprint density at radius 3 is 2.62 bits per heavy atom. The van der Waals surface area contributed by atoms with Crippen LogP contribution in [0.25, 0.3) is 0 Å². The maximum absolute atomic E-state index is 14.4. The lowest BCUT2D eigenvalue weighted by Crippen LogP contribution is -2.56. The molecule has 8 nitrogen and oxygen atoms in total. The van der Waals surface area contributed by atoms with E-state index in [1.807, 2.05) is 44.2 Å². The molecule has 1 N–H and O–H groups in total. The van der Waals surface area contributed by atoms with Crippen molar-refractivity contribution >= 4 is 17.8 Å². The van der Waals surface area contributed by atoms with Crippen LogP contribution in [0.4, 0.5) is 0 Å². The highest BCUT2D eigenvalue weighted by molar-refractivity contribution is 5.98. The van der Waals surface area contributed by atoms with Gasteiger partial charge in [0.05, 0.1) is 18.1 Å². The van der Waals surface area contributed by atoms with Crippen LogP contribution in [-0.4, -0.2) is 76.2 Å². The highest BCUT2D eigenvalue weighted by Crippen LogP contribution is 2.65. The number of unbranched alkanes of at least 4 members (excludes halogenated alkanes) is 2. The van der Waals surface area contributed by atoms with E-state index in [2.05, 4.69) is 13.2 Å². The normalized spacial score (nSPS) is 30.7. The molecule has 0 radical (unpaired) electrons. The predicted octanol–water partition coefficient (Wildman–Crippen LogP) is 3.49. The number of carbonyl (C=O) groups excluding carboxylic acids is 3. The molecule has 39 heavy (non-hydrogen) atoms. The van der Waals surface area contributed by atoms with Crippen LogP contribution in [-0.2, 0) is 30.4 Å². The Balaban J connectivity index is 1.72. The first-order valence-corrected chi connectivity index (χ1v) is 14.1. The molecule has 3 unspecified atom stereocenters. The summed E-state index contributed by atoms with van der Waals surface area (Å²) in [6.45, 7) is 12.8. The molecule has 0 aromatic heterocycles. The fraction of sp³-hybridized carbons (Fsp3) is 0.581. The fourth-order valence-electron chi connectivity index (χ4n) is 6.89. The van der Waals surface area contributed by atoms with Gasteiger partial charge < -0.3 is 24.4 Å². The Morgan fingerprint density at radius 2 is 1.95 bits per heavy atom. The van der Waals surface area contributed by atoms with Gasteiger partial charge in [-0.05, 0) is 50.5 Å². The Morgan fingerprint density at radius 1 is 1.21 bits per heavy atom. The number of likely N-dealkylation sites (tertiary alicyclic amines) is 1. The van der Waals surface area contributed by atoms with E-state index in [1.54, 1.807) is 22.0 Å². The summed E-state index contributed by atoms with van der Waals surface area (Å²) in [5.41, 5.74) is -1.05. The number of aliphatic hydroxyl groups excluding tert-OH is 1. The molecule has 4 rings (SSSR count). The van der Waals surface area contributed by atoms with Gasteiger partial charge in [-0.15, -0.1) is 13.2 Å². The third-order valence-electron chi connectivity index (χ3n) is 8.80. The number of hydrogen-bond donors (Lipinski definition) is 1. The van der Waals surface area contributed by atoms with Crippen molar-refractivity contribution in [3.05, 3.63) is 61.2 Å². The quantitative estimate of drug-likeness (QED) is 0.221. The largest absolute Gasteiger partial charge is 0.465 e. The van der Waals surface area contributed by atoms with Crippen molar-refractivity contribution in [3.8, 4) is 0 Å². The molecule has 1 spiro atoms. The Kier molecular flexibility index (Phi) is 8.96. The standard InChI is InChI=1S/C31H42N2O6/c1-5-7-19-38-29(37)25-24-27(35)33(17-12-9-13-18-34)26(31(24)20-22(3)30(25,4)39-31)28(36)32(16-6-2)21-23-14-10-8-11-15-23/h5-6,8,10-11,14-15,22,24-26,34H,1-2,7,9,12-13,16-21H2,3-4H3/t22?,24-,25+,26?,30-,31?/m0/s1. The number of ether oxygens (including phenoxy) is 2. The fourth-order valence-corrected chi connectivity index (χ4v) is 6.89. The first kappa shape index (κ1) is 29.0. The van der Waals surface area contributed by atoms with Gasteiger partial charge >= 0.3 is 5.97 Å². The number of fused-ring (bicyclic) bond motifs is 1.